The van der Waals surface area contributed by atoms with E-state index in [4.69, 9.17) is 15.2 Å². The maximum Gasteiger partial charge on any atom is 0.119 e. The van der Waals surface area contributed by atoms with Crippen LogP contribution in [0.1, 0.15) is 38.8 Å². The molecule has 0 aromatic heterocycles. The third kappa shape index (κ3) is 3.96. The van der Waals surface area contributed by atoms with Crippen LogP contribution in [-0.2, 0) is 4.74 Å². The van der Waals surface area contributed by atoms with Crippen LogP contribution in [0.3, 0.4) is 0 Å². The van der Waals surface area contributed by atoms with E-state index in [1.807, 2.05) is 12.1 Å². The summed E-state index contributed by atoms with van der Waals surface area (Å²) in [4.78, 5) is 2.42. The molecule has 0 spiro atoms. The van der Waals surface area contributed by atoms with Crippen LogP contribution in [0.25, 0.3) is 0 Å². The molecular weight excluding hydrogens is 264 g/mol. The van der Waals surface area contributed by atoms with Gasteiger partial charge in [-0.15, -0.1) is 0 Å². The smallest absolute Gasteiger partial charge is 0.119 e. The maximum absolute atomic E-state index is 6.53. The summed E-state index contributed by atoms with van der Waals surface area (Å²) in [5.41, 5.74) is 7.59. The highest BCUT2D eigenvalue weighted by Crippen LogP contribution is 2.30. The minimum Gasteiger partial charge on any atom is -0.494 e. The molecule has 1 aliphatic rings. The van der Waals surface area contributed by atoms with Gasteiger partial charge in [-0.2, -0.15) is 0 Å². The van der Waals surface area contributed by atoms with E-state index in [0.29, 0.717) is 0 Å². The summed E-state index contributed by atoms with van der Waals surface area (Å²) in [6.45, 7) is 10.8. The van der Waals surface area contributed by atoms with Gasteiger partial charge in [-0.3, -0.25) is 4.90 Å². The SMILES string of the molecule is CCCOc1ccc(C(N)C(C)(C)N2CCOCC2)cc1. The van der Waals surface area contributed by atoms with Crippen molar-refractivity contribution in [1.82, 2.24) is 4.90 Å². The molecule has 1 saturated heterocycles. The zero-order valence-electron chi connectivity index (χ0n) is 13.5. The molecule has 2 rings (SSSR count). The summed E-state index contributed by atoms with van der Waals surface area (Å²) in [6.07, 6.45) is 1.02. The van der Waals surface area contributed by atoms with Crippen LogP contribution in [0, 0.1) is 0 Å². The second-order valence-electron chi connectivity index (χ2n) is 6.15. The van der Waals surface area contributed by atoms with E-state index in [0.717, 1.165) is 50.6 Å². The lowest BCUT2D eigenvalue weighted by atomic mass is 9.87. The molecule has 118 valence electrons. The summed E-state index contributed by atoms with van der Waals surface area (Å²) >= 11 is 0. The number of benzene rings is 1. The monoisotopic (exact) mass is 292 g/mol. The van der Waals surface area contributed by atoms with Crippen molar-refractivity contribution in [2.45, 2.75) is 38.8 Å². The average Bonchev–Trinajstić information content (AvgIpc) is 2.53. The lowest BCUT2D eigenvalue weighted by Crippen LogP contribution is -2.55. The molecule has 0 radical (unpaired) electrons. The lowest BCUT2D eigenvalue weighted by Gasteiger charge is -2.44. The minimum absolute atomic E-state index is 0.0316. The highest BCUT2D eigenvalue weighted by molar-refractivity contribution is 5.30. The Morgan fingerprint density at radius 1 is 1.24 bits per heavy atom. The van der Waals surface area contributed by atoms with Gasteiger partial charge < -0.3 is 15.2 Å². The molecule has 2 N–H and O–H groups in total. The molecule has 0 aliphatic carbocycles. The number of morpholine rings is 1. The van der Waals surface area contributed by atoms with Crippen molar-refractivity contribution in [3.8, 4) is 5.75 Å². The van der Waals surface area contributed by atoms with Crippen LogP contribution < -0.4 is 10.5 Å². The van der Waals surface area contributed by atoms with E-state index in [-0.39, 0.29) is 11.6 Å². The van der Waals surface area contributed by atoms with Crippen LogP contribution in [0.4, 0.5) is 0 Å². The fraction of sp³-hybridized carbons (Fsp3) is 0.647. The first-order chi connectivity index (χ1) is 10.1. The number of nitrogens with zero attached hydrogens (tertiary/aromatic N) is 1. The predicted octanol–water partition coefficient (Wildman–Crippen LogP) is 2.59. The van der Waals surface area contributed by atoms with Crippen LogP contribution in [0.15, 0.2) is 24.3 Å². The molecule has 1 aromatic rings. The normalized spacial score (nSPS) is 18.5. The lowest BCUT2D eigenvalue weighted by molar-refractivity contribution is -0.0190. The van der Waals surface area contributed by atoms with Gasteiger partial charge in [0.05, 0.1) is 19.8 Å². The van der Waals surface area contributed by atoms with Crippen molar-refractivity contribution in [2.24, 2.45) is 5.73 Å². The fourth-order valence-electron chi connectivity index (χ4n) is 2.74. The third-order valence-electron chi connectivity index (χ3n) is 4.30. The molecule has 0 bridgehead atoms. The molecule has 1 aromatic carbocycles. The van der Waals surface area contributed by atoms with Crippen molar-refractivity contribution in [3.63, 3.8) is 0 Å². The first kappa shape index (κ1) is 16.3. The molecule has 4 heteroatoms. The molecule has 1 atom stereocenters. The Labute approximate surface area is 128 Å². The summed E-state index contributed by atoms with van der Waals surface area (Å²) in [6, 6.07) is 8.16. The summed E-state index contributed by atoms with van der Waals surface area (Å²) in [7, 11) is 0. The quantitative estimate of drug-likeness (QED) is 0.875. The number of rotatable bonds is 6. The van der Waals surface area contributed by atoms with E-state index in [9.17, 15) is 0 Å². The molecule has 21 heavy (non-hydrogen) atoms. The molecule has 1 fully saturated rings. The van der Waals surface area contributed by atoms with E-state index in [1.54, 1.807) is 0 Å². The first-order valence-electron chi connectivity index (χ1n) is 7.87. The van der Waals surface area contributed by atoms with Crippen molar-refractivity contribution in [2.75, 3.05) is 32.9 Å². The van der Waals surface area contributed by atoms with Crippen molar-refractivity contribution in [3.05, 3.63) is 29.8 Å². The zero-order valence-corrected chi connectivity index (χ0v) is 13.5. The fourth-order valence-corrected chi connectivity index (χ4v) is 2.74. The van der Waals surface area contributed by atoms with Gasteiger partial charge in [0.25, 0.3) is 0 Å². The second kappa shape index (κ2) is 7.25. The molecule has 1 aliphatic heterocycles. The number of hydrogen-bond acceptors (Lipinski definition) is 4. The molecule has 0 amide bonds. The standard InChI is InChI=1S/C17H28N2O2/c1-4-11-21-15-7-5-14(6-8-15)16(18)17(2,3)19-9-12-20-13-10-19/h5-8,16H,4,9-13,18H2,1-3H3. The Morgan fingerprint density at radius 2 is 1.86 bits per heavy atom. The van der Waals surface area contributed by atoms with E-state index < -0.39 is 0 Å². The Kier molecular flexibility index (Phi) is 5.62. The number of hydrogen-bond donors (Lipinski definition) is 1. The maximum atomic E-state index is 6.53. The Morgan fingerprint density at radius 3 is 2.43 bits per heavy atom. The highest BCUT2D eigenvalue weighted by Gasteiger charge is 2.34. The van der Waals surface area contributed by atoms with Gasteiger partial charge in [-0.1, -0.05) is 19.1 Å². The van der Waals surface area contributed by atoms with Gasteiger partial charge in [-0.25, -0.2) is 0 Å². The van der Waals surface area contributed by atoms with Crippen LogP contribution in [0.2, 0.25) is 0 Å². The van der Waals surface area contributed by atoms with E-state index >= 15 is 0 Å². The van der Waals surface area contributed by atoms with Crippen LogP contribution in [-0.4, -0.2) is 43.3 Å². The summed E-state index contributed by atoms with van der Waals surface area (Å²) in [5.74, 6) is 0.914. The third-order valence-corrected chi connectivity index (χ3v) is 4.30. The van der Waals surface area contributed by atoms with Gasteiger partial charge in [-0.05, 0) is 38.0 Å². The van der Waals surface area contributed by atoms with Crippen LogP contribution >= 0.6 is 0 Å². The number of ether oxygens (including phenoxy) is 2. The van der Waals surface area contributed by atoms with Gasteiger partial charge >= 0.3 is 0 Å². The molecule has 1 heterocycles. The van der Waals surface area contributed by atoms with Gasteiger partial charge in [0, 0.05) is 24.7 Å². The Balaban J connectivity index is 2.05. The van der Waals surface area contributed by atoms with E-state index in [1.165, 1.54) is 0 Å². The molecule has 1 unspecified atom stereocenters. The minimum atomic E-state index is -0.0877. The first-order valence-corrected chi connectivity index (χ1v) is 7.87. The van der Waals surface area contributed by atoms with Gasteiger partial charge in [0.1, 0.15) is 5.75 Å². The van der Waals surface area contributed by atoms with Crippen molar-refractivity contribution >= 4 is 0 Å². The highest BCUT2D eigenvalue weighted by atomic mass is 16.5. The Bertz CT molecular complexity index is 425. The number of nitrogens with two attached hydrogens (primary N) is 1. The predicted molar refractivity (Wildman–Crippen MR) is 85.6 cm³/mol. The van der Waals surface area contributed by atoms with Gasteiger partial charge in [0.15, 0.2) is 0 Å². The summed E-state index contributed by atoms with van der Waals surface area (Å²) in [5, 5.41) is 0. The second-order valence-corrected chi connectivity index (χ2v) is 6.15. The largest absolute Gasteiger partial charge is 0.494 e. The molecule has 4 nitrogen and oxygen atoms in total. The summed E-state index contributed by atoms with van der Waals surface area (Å²) < 4.78 is 11.1. The topological polar surface area (TPSA) is 47.7 Å². The zero-order chi connectivity index (χ0) is 15.3. The van der Waals surface area contributed by atoms with Crippen molar-refractivity contribution in [1.29, 1.82) is 0 Å². The van der Waals surface area contributed by atoms with Crippen LogP contribution in [0.5, 0.6) is 5.75 Å². The molecule has 0 saturated carbocycles. The average molecular weight is 292 g/mol. The Hall–Kier alpha value is -1.10. The molecular formula is C17H28N2O2. The van der Waals surface area contributed by atoms with Gasteiger partial charge in [0.2, 0.25) is 0 Å². The van der Waals surface area contributed by atoms with Crippen molar-refractivity contribution < 1.29 is 9.47 Å². The van der Waals surface area contributed by atoms with E-state index in [2.05, 4.69) is 37.8 Å².